The van der Waals surface area contributed by atoms with Gasteiger partial charge in [-0.3, -0.25) is 0 Å². The third kappa shape index (κ3) is 1.84. The van der Waals surface area contributed by atoms with Crippen molar-refractivity contribution in [1.82, 2.24) is 0 Å². The van der Waals surface area contributed by atoms with Crippen LogP contribution in [0.25, 0.3) is 0 Å². The molecule has 18 heavy (non-hydrogen) atoms. The largest absolute Gasteiger partial charge is 0.493 e. The van der Waals surface area contributed by atoms with Crippen LogP contribution in [0.15, 0.2) is 24.3 Å². The number of hydrogen-bond donors (Lipinski definition) is 0. The minimum atomic E-state index is 0.522. The van der Waals surface area contributed by atoms with Gasteiger partial charge in [-0.15, -0.1) is 0 Å². The Morgan fingerprint density at radius 1 is 1.00 bits per heavy atom. The molecule has 4 aliphatic rings. The van der Waals surface area contributed by atoms with Crippen LogP contribution in [-0.2, 0) is 0 Å². The maximum absolute atomic E-state index is 6.07. The highest BCUT2D eigenvalue weighted by molar-refractivity contribution is 5.20. The molecule has 0 heterocycles. The molecule has 1 aromatic rings. The number of ether oxygens (including phenoxy) is 1. The van der Waals surface area contributed by atoms with E-state index in [-0.39, 0.29) is 0 Å². The summed E-state index contributed by atoms with van der Waals surface area (Å²) in [4.78, 5) is 0. The summed E-state index contributed by atoms with van der Waals surface area (Å²) in [7, 11) is 0. The molecule has 4 bridgehead atoms. The number of benzene rings is 1. The molecule has 4 aliphatic carbocycles. The van der Waals surface area contributed by atoms with Gasteiger partial charge in [0.15, 0.2) is 0 Å². The van der Waals surface area contributed by atoms with Gasteiger partial charge >= 0.3 is 0 Å². The molecule has 1 heteroatoms. The molecule has 0 spiro atoms. The fourth-order valence-electron chi connectivity index (χ4n) is 5.17. The second-order valence-corrected chi connectivity index (χ2v) is 6.94. The van der Waals surface area contributed by atoms with Crippen LogP contribution in [0.2, 0.25) is 0 Å². The lowest BCUT2D eigenvalue weighted by Gasteiger charge is -2.56. The molecule has 0 atom stereocenters. The van der Waals surface area contributed by atoms with Crippen molar-refractivity contribution >= 4 is 0 Å². The molecule has 0 aromatic heterocycles. The van der Waals surface area contributed by atoms with Gasteiger partial charge in [0.25, 0.3) is 0 Å². The predicted molar refractivity (Wildman–Crippen MR) is 71.4 cm³/mol. The molecule has 4 fully saturated rings. The molecule has 1 aromatic carbocycles. The summed E-state index contributed by atoms with van der Waals surface area (Å²) < 4.78 is 6.07. The number of rotatable bonds is 3. The van der Waals surface area contributed by atoms with Crippen LogP contribution >= 0.6 is 0 Å². The Kier molecular flexibility index (Phi) is 2.43. The van der Waals surface area contributed by atoms with E-state index >= 15 is 0 Å². The van der Waals surface area contributed by atoms with Crippen molar-refractivity contribution in [2.45, 2.75) is 38.5 Å². The second-order valence-electron chi connectivity index (χ2n) is 6.94. The van der Waals surface area contributed by atoms with Crippen molar-refractivity contribution < 1.29 is 4.74 Å². The Labute approximate surface area is 110 Å². The lowest BCUT2D eigenvalue weighted by Crippen LogP contribution is -2.48. The summed E-state index contributed by atoms with van der Waals surface area (Å²) in [5.74, 6) is 4.07. The highest BCUT2D eigenvalue weighted by Crippen LogP contribution is 2.59. The van der Waals surface area contributed by atoms with Gasteiger partial charge in [0, 0.05) is 5.41 Å². The molecule has 4 saturated carbocycles. The lowest BCUT2D eigenvalue weighted by atomic mass is 9.50. The van der Waals surface area contributed by atoms with Crippen LogP contribution in [0.1, 0.15) is 38.5 Å². The SMILES string of the molecule is [c]1ccc(OCC23CC4CC(CC(C4)C2)C3)cc1. The van der Waals surface area contributed by atoms with Gasteiger partial charge in [-0.25, -0.2) is 0 Å². The van der Waals surface area contributed by atoms with Gasteiger partial charge in [-0.05, 0) is 74.5 Å². The fourth-order valence-corrected chi connectivity index (χ4v) is 5.17. The second kappa shape index (κ2) is 4.01. The maximum Gasteiger partial charge on any atom is 0.119 e. The van der Waals surface area contributed by atoms with Gasteiger partial charge in [0.2, 0.25) is 0 Å². The predicted octanol–water partition coefficient (Wildman–Crippen LogP) is 4.08. The van der Waals surface area contributed by atoms with Gasteiger partial charge in [0.1, 0.15) is 5.75 Å². The third-order valence-corrected chi connectivity index (χ3v) is 5.40. The van der Waals surface area contributed by atoms with Crippen molar-refractivity contribution in [2.24, 2.45) is 23.2 Å². The highest BCUT2D eigenvalue weighted by Gasteiger charge is 2.51. The van der Waals surface area contributed by atoms with Crippen molar-refractivity contribution in [1.29, 1.82) is 0 Å². The first-order chi connectivity index (χ1) is 8.81. The average molecular weight is 241 g/mol. The van der Waals surface area contributed by atoms with Crippen molar-refractivity contribution in [3.05, 3.63) is 30.3 Å². The topological polar surface area (TPSA) is 9.23 Å². The van der Waals surface area contributed by atoms with E-state index in [0.717, 1.165) is 30.1 Å². The van der Waals surface area contributed by atoms with Gasteiger partial charge < -0.3 is 4.74 Å². The van der Waals surface area contributed by atoms with Gasteiger partial charge in [-0.1, -0.05) is 12.1 Å². The number of hydrogen-bond acceptors (Lipinski definition) is 1. The first kappa shape index (κ1) is 10.9. The van der Waals surface area contributed by atoms with E-state index in [9.17, 15) is 0 Å². The first-order valence-electron chi connectivity index (χ1n) is 7.40. The molecule has 0 aliphatic heterocycles. The van der Waals surface area contributed by atoms with E-state index in [1.54, 1.807) is 0 Å². The summed E-state index contributed by atoms with van der Waals surface area (Å²) in [6, 6.07) is 11.0. The van der Waals surface area contributed by atoms with E-state index in [0.29, 0.717) is 5.41 Å². The molecule has 5 rings (SSSR count). The molecular formula is C17H21O. The van der Waals surface area contributed by atoms with E-state index in [4.69, 9.17) is 4.74 Å². The normalized spacial score (nSPS) is 41.0. The van der Waals surface area contributed by atoms with Crippen molar-refractivity contribution in [3.63, 3.8) is 0 Å². The maximum atomic E-state index is 6.07. The molecule has 1 radical (unpaired) electrons. The van der Waals surface area contributed by atoms with Crippen LogP contribution in [0, 0.1) is 29.2 Å². The zero-order valence-corrected chi connectivity index (χ0v) is 10.9. The van der Waals surface area contributed by atoms with E-state index < -0.39 is 0 Å². The zero-order valence-electron chi connectivity index (χ0n) is 10.9. The van der Waals surface area contributed by atoms with Crippen LogP contribution in [0.5, 0.6) is 5.75 Å². The first-order valence-corrected chi connectivity index (χ1v) is 7.40. The van der Waals surface area contributed by atoms with Gasteiger partial charge in [0.05, 0.1) is 6.61 Å². The quantitative estimate of drug-likeness (QED) is 0.774. The zero-order chi connectivity index (χ0) is 12.0. The minimum absolute atomic E-state index is 0.522. The minimum Gasteiger partial charge on any atom is -0.493 e. The molecular weight excluding hydrogens is 220 g/mol. The molecule has 0 N–H and O–H groups in total. The molecule has 1 nitrogen and oxygen atoms in total. The van der Waals surface area contributed by atoms with E-state index in [2.05, 4.69) is 6.07 Å². The van der Waals surface area contributed by atoms with Crippen LogP contribution in [-0.4, -0.2) is 6.61 Å². The Bertz CT molecular complexity index is 387. The summed E-state index contributed by atoms with van der Waals surface area (Å²) in [5, 5.41) is 0. The van der Waals surface area contributed by atoms with Gasteiger partial charge in [-0.2, -0.15) is 0 Å². The Morgan fingerprint density at radius 3 is 2.11 bits per heavy atom. The van der Waals surface area contributed by atoms with E-state index in [1.165, 1.54) is 38.5 Å². The Balaban J connectivity index is 1.48. The average Bonchev–Trinajstić information content (AvgIpc) is 2.36. The summed E-state index contributed by atoms with van der Waals surface area (Å²) in [6.45, 7) is 0.945. The van der Waals surface area contributed by atoms with Crippen LogP contribution in [0.3, 0.4) is 0 Å². The fraction of sp³-hybridized carbons (Fsp3) is 0.647. The third-order valence-electron chi connectivity index (χ3n) is 5.40. The smallest absolute Gasteiger partial charge is 0.119 e. The molecule has 95 valence electrons. The van der Waals surface area contributed by atoms with Crippen LogP contribution < -0.4 is 4.74 Å². The van der Waals surface area contributed by atoms with Crippen LogP contribution in [0.4, 0.5) is 0 Å². The Hall–Kier alpha value is -0.980. The summed E-state index contributed by atoms with van der Waals surface area (Å²) in [5.41, 5.74) is 0.522. The monoisotopic (exact) mass is 241 g/mol. The highest BCUT2D eigenvalue weighted by atomic mass is 16.5. The Morgan fingerprint density at radius 2 is 1.56 bits per heavy atom. The standard InChI is InChI=1S/C17H21O/c1-2-4-16(5-3-1)18-12-17-9-13-6-14(10-17)8-15(7-13)11-17/h2-5,13-15H,6-12H2. The summed E-state index contributed by atoms with van der Waals surface area (Å²) in [6.07, 6.45) is 8.83. The molecule has 0 amide bonds. The van der Waals surface area contributed by atoms with E-state index in [1.807, 2.05) is 24.3 Å². The van der Waals surface area contributed by atoms with Crippen molar-refractivity contribution in [2.75, 3.05) is 6.61 Å². The lowest BCUT2D eigenvalue weighted by molar-refractivity contribution is -0.0745. The van der Waals surface area contributed by atoms with Crippen molar-refractivity contribution in [3.8, 4) is 5.75 Å². The molecule has 0 saturated heterocycles. The summed E-state index contributed by atoms with van der Waals surface area (Å²) >= 11 is 0. The molecule has 0 unspecified atom stereocenters.